The Hall–Kier alpha value is -2.96. The summed E-state index contributed by atoms with van der Waals surface area (Å²) in [7, 11) is 0.295. The summed E-state index contributed by atoms with van der Waals surface area (Å²) in [5, 5.41) is 13.8. The molecule has 3 aromatic rings. The lowest BCUT2D eigenvalue weighted by molar-refractivity contribution is 0.0686. The van der Waals surface area contributed by atoms with Crippen molar-refractivity contribution in [1.29, 1.82) is 0 Å². The van der Waals surface area contributed by atoms with E-state index in [0.29, 0.717) is 40.8 Å². The van der Waals surface area contributed by atoms with E-state index in [9.17, 15) is 4.79 Å². The Morgan fingerprint density at radius 1 is 1.28 bits per heavy atom. The molecule has 0 atom stereocenters. The van der Waals surface area contributed by atoms with Crippen LogP contribution in [0.15, 0.2) is 12.5 Å². The molecule has 1 saturated carbocycles. The molecule has 0 saturated heterocycles. The summed E-state index contributed by atoms with van der Waals surface area (Å²) in [6.45, 7) is 7.53. The zero-order valence-electron chi connectivity index (χ0n) is 18.6. The molecule has 4 rings (SSSR count). The van der Waals surface area contributed by atoms with Crippen LogP contribution in [0, 0.1) is 0 Å². The fourth-order valence-electron chi connectivity index (χ4n) is 3.33. The van der Waals surface area contributed by atoms with Crippen LogP contribution in [0.5, 0.6) is 5.88 Å². The molecule has 0 bridgehead atoms. The molecule has 170 valence electrons. The first-order chi connectivity index (χ1) is 15.3. The normalized spacial score (nSPS) is 14.0. The van der Waals surface area contributed by atoms with E-state index in [1.807, 2.05) is 0 Å². The minimum Gasteiger partial charge on any atom is -0.480 e. The van der Waals surface area contributed by atoms with Gasteiger partial charge in [-0.3, -0.25) is 10.0 Å². The molecule has 2 N–H and O–H groups in total. The number of rotatable bonds is 9. The molecule has 1 fully saturated rings. The van der Waals surface area contributed by atoms with Gasteiger partial charge in [-0.1, -0.05) is 19.6 Å². The maximum absolute atomic E-state index is 12.1. The summed E-state index contributed by atoms with van der Waals surface area (Å²) in [5.41, 5.74) is 3.54. The maximum Gasteiger partial charge on any atom is 0.295 e. The third kappa shape index (κ3) is 4.61. The predicted octanol–water partition coefficient (Wildman–Crippen LogP) is 2.60. The zero-order chi connectivity index (χ0) is 22.9. The molecule has 0 unspecified atom stereocenters. The van der Waals surface area contributed by atoms with Gasteiger partial charge in [-0.2, -0.15) is 5.10 Å². The monoisotopic (exact) mass is 457 g/mol. The van der Waals surface area contributed by atoms with Gasteiger partial charge < -0.3 is 9.47 Å². The molecule has 0 radical (unpaired) electrons. The first-order valence-electron chi connectivity index (χ1n) is 10.5. The van der Waals surface area contributed by atoms with Crippen LogP contribution in [0.25, 0.3) is 22.4 Å². The summed E-state index contributed by atoms with van der Waals surface area (Å²) in [6, 6.07) is 1.000. The summed E-state index contributed by atoms with van der Waals surface area (Å²) in [4.78, 5) is 30.0. The number of fused-ring (bicyclic) bond motifs is 1. The number of methoxy groups -OCH3 is 1. The van der Waals surface area contributed by atoms with Crippen LogP contribution in [0.1, 0.15) is 34.9 Å². The molecule has 32 heavy (non-hydrogen) atoms. The van der Waals surface area contributed by atoms with Crippen LogP contribution in [0.4, 0.5) is 0 Å². The van der Waals surface area contributed by atoms with Crippen LogP contribution in [-0.2, 0) is 11.5 Å². The lowest BCUT2D eigenvalue weighted by atomic mass is 10.1. The zero-order valence-corrected chi connectivity index (χ0v) is 19.6. The standard InChI is InChI=1S/C20H27N7O4Si/c1-30-20-14(15(12-5-6-12)22-10-23-20)17-21-9-13-16(19(28)26-29)25-27(18(13)24-17)11-31-7-8-32(2,3)4/h9-10,12,29H,5-8,11H2,1-4H3,(H,26,28). The second kappa shape index (κ2) is 8.88. The molecule has 1 aliphatic rings. The van der Waals surface area contributed by atoms with Crippen molar-refractivity contribution in [2.45, 2.75) is 51.2 Å². The molecule has 0 aromatic carbocycles. The number of amides is 1. The Labute approximate surface area is 186 Å². The van der Waals surface area contributed by atoms with Crippen LogP contribution in [0.2, 0.25) is 25.7 Å². The van der Waals surface area contributed by atoms with Crippen LogP contribution in [-0.4, -0.2) is 62.6 Å². The van der Waals surface area contributed by atoms with Crippen molar-refractivity contribution < 1.29 is 19.5 Å². The number of carbonyl (C=O) groups excluding carboxylic acids is 1. The number of ether oxygens (including phenoxy) is 2. The molecule has 0 aliphatic heterocycles. The van der Waals surface area contributed by atoms with E-state index in [2.05, 4.69) is 44.7 Å². The summed E-state index contributed by atoms with van der Waals surface area (Å²) in [5.74, 6) is 0.362. The smallest absolute Gasteiger partial charge is 0.295 e. The van der Waals surface area contributed by atoms with Crippen molar-refractivity contribution in [2.24, 2.45) is 0 Å². The number of hydrogen-bond acceptors (Lipinski definition) is 9. The highest BCUT2D eigenvalue weighted by atomic mass is 28.3. The van der Waals surface area contributed by atoms with Crippen molar-refractivity contribution in [3.05, 3.63) is 23.9 Å². The first kappa shape index (κ1) is 22.2. The highest BCUT2D eigenvalue weighted by Crippen LogP contribution is 2.44. The van der Waals surface area contributed by atoms with Gasteiger partial charge in [0.15, 0.2) is 17.2 Å². The number of hydrogen-bond donors (Lipinski definition) is 2. The third-order valence-corrected chi connectivity index (χ3v) is 6.94. The van der Waals surface area contributed by atoms with Crippen molar-refractivity contribution in [2.75, 3.05) is 13.7 Å². The number of nitrogens with zero attached hydrogens (tertiary/aromatic N) is 6. The third-order valence-electron chi connectivity index (χ3n) is 5.24. The lowest BCUT2D eigenvalue weighted by Crippen LogP contribution is -2.22. The number of nitrogens with one attached hydrogen (secondary N) is 1. The Bertz CT molecular complexity index is 1140. The molecule has 12 heteroatoms. The molecule has 1 amide bonds. The Morgan fingerprint density at radius 2 is 2.06 bits per heavy atom. The summed E-state index contributed by atoms with van der Waals surface area (Å²) >= 11 is 0. The molecular weight excluding hydrogens is 430 g/mol. The molecule has 1 aliphatic carbocycles. The second-order valence-electron chi connectivity index (χ2n) is 8.99. The van der Waals surface area contributed by atoms with Crippen molar-refractivity contribution in [1.82, 2.24) is 35.2 Å². The van der Waals surface area contributed by atoms with Crippen LogP contribution >= 0.6 is 0 Å². The fourth-order valence-corrected chi connectivity index (χ4v) is 4.09. The Balaban J connectivity index is 1.75. The largest absolute Gasteiger partial charge is 0.480 e. The van der Waals surface area contributed by atoms with Crippen molar-refractivity contribution >= 4 is 25.0 Å². The van der Waals surface area contributed by atoms with Gasteiger partial charge in [-0.15, -0.1) is 0 Å². The van der Waals surface area contributed by atoms with Gasteiger partial charge in [0.2, 0.25) is 5.88 Å². The number of carbonyl (C=O) groups is 1. The Morgan fingerprint density at radius 3 is 2.72 bits per heavy atom. The molecule has 11 nitrogen and oxygen atoms in total. The topological polar surface area (TPSA) is 137 Å². The lowest BCUT2D eigenvalue weighted by Gasteiger charge is -2.15. The maximum atomic E-state index is 12.1. The van der Waals surface area contributed by atoms with E-state index in [1.165, 1.54) is 17.2 Å². The van der Waals surface area contributed by atoms with Gasteiger partial charge in [-0.25, -0.2) is 30.1 Å². The fraction of sp³-hybridized carbons (Fsp3) is 0.500. The summed E-state index contributed by atoms with van der Waals surface area (Å²) in [6.07, 6.45) is 5.07. The predicted molar refractivity (Wildman–Crippen MR) is 118 cm³/mol. The molecule has 3 heterocycles. The van der Waals surface area contributed by atoms with E-state index >= 15 is 0 Å². The van der Waals surface area contributed by atoms with Gasteiger partial charge in [0.25, 0.3) is 5.91 Å². The van der Waals surface area contributed by atoms with E-state index in [-0.39, 0.29) is 12.4 Å². The van der Waals surface area contributed by atoms with Gasteiger partial charge >= 0.3 is 0 Å². The SMILES string of the molecule is COc1ncnc(C2CC2)c1-c1ncc2c(C(=O)NO)nn(COCC[Si](C)(C)C)c2n1. The van der Waals surface area contributed by atoms with E-state index in [0.717, 1.165) is 24.6 Å². The Kier molecular flexibility index (Phi) is 6.17. The molecule has 3 aromatic heterocycles. The minimum absolute atomic E-state index is 0.0153. The first-order valence-corrected chi connectivity index (χ1v) is 14.2. The van der Waals surface area contributed by atoms with Gasteiger partial charge in [0.1, 0.15) is 18.6 Å². The molecule has 0 spiro atoms. The average molecular weight is 458 g/mol. The van der Waals surface area contributed by atoms with Gasteiger partial charge in [0.05, 0.1) is 18.2 Å². The highest BCUT2D eigenvalue weighted by molar-refractivity contribution is 6.76. The van der Waals surface area contributed by atoms with E-state index in [4.69, 9.17) is 14.7 Å². The van der Waals surface area contributed by atoms with Crippen molar-refractivity contribution in [3.63, 3.8) is 0 Å². The van der Waals surface area contributed by atoms with Crippen LogP contribution in [0.3, 0.4) is 0 Å². The number of hydroxylamine groups is 1. The quantitative estimate of drug-likeness (QED) is 0.215. The molecular formula is C20H27N7O4Si. The number of aromatic nitrogens is 6. The highest BCUT2D eigenvalue weighted by Gasteiger charge is 2.32. The van der Waals surface area contributed by atoms with E-state index in [1.54, 1.807) is 12.6 Å². The summed E-state index contributed by atoms with van der Waals surface area (Å²) < 4.78 is 12.8. The van der Waals surface area contributed by atoms with Gasteiger partial charge in [0, 0.05) is 26.8 Å². The minimum atomic E-state index is -1.25. The average Bonchev–Trinajstić information content (AvgIpc) is 3.56. The van der Waals surface area contributed by atoms with E-state index < -0.39 is 14.0 Å². The van der Waals surface area contributed by atoms with Gasteiger partial charge in [-0.05, 0) is 18.9 Å². The van der Waals surface area contributed by atoms with Crippen molar-refractivity contribution in [3.8, 4) is 17.3 Å². The second-order valence-corrected chi connectivity index (χ2v) is 14.6. The van der Waals surface area contributed by atoms with Crippen LogP contribution < -0.4 is 10.2 Å².